The predicted octanol–water partition coefficient (Wildman–Crippen LogP) is 1.66. The van der Waals surface area contributed by atoms with Gasteiger partial charge in [-0.1, -0.05) is 6.07 Å². The highest BCUT2D eigenvalue weighted by Crippen LogP contribution is 2.43. The topological polar surface area (TPSA) is 97.3 Å². The second-order valence-electron chi connectivity index (χ2n) is 7.76. The molecular formula is C20H25FN2O6. The number of nitrogens with one attached hydrogen (secondary N) is 1. The Hall–Kier alpha value is -2.23. The second-order valence-corrected chi connectivity index (χ2v) is 7.76. The Morgan fingerprint density at radius 2 is 2.14 bits per heavy atom. The molecule has 3 unspecified atom stereocenters. The normalized spacial score (nSPS) is 28.6. The molecule has 9 heteroatoms. The highest BCUT2D eigenvalue weighted by atomic mass is 19.1. The van der Waals surface area contributed by atoms with E-state index in [-0.39, 0.29) is 24.9 Å². The fourth-order valence-electron chi connectivity index (χ4n) is 4.31. The fraction of sp³-hybridized carbons (Fsp3) is 0.600. The summed E-state index contributed by atoms with van der Waals surface area (Å²) in [6.07, 6.45) is -0.378. The molecule has 0 bridgehead atoms. The van der Waals surface area contributed by atoms with Crippen molar-refractivity contribution in [2.45, 2.75) is 50.1 Å². The zero-order valence-corrected chi connectivity index (χ0v) is 16.2. The van der Waals surface area contributed by atoms with E-state index in [9.17, 15) is 19.1 Å². The minimum Gasteiger partial charge on any atom is -0.442 e. The first-order chi connectivity index (χ1) is 13.9. The average molecular weight is 408 g/mol. The van der Waals surface area contributed by atoms with Crippen molar-refractivity contribution in [2.75, 3.05) is 31.2 Å². The summed E-state index contributed by atoms with van der Waals surface area (Å²) in [5, 5.41) is 13.1. The van der Waals surface area contributed by atoms with Crippen molar-refractivity contribution in [3.8, 4) is 0 Å². The number of carbonyl (C=O) groups excluding carboxylic acids is 2. The zero-order chi connectivity index (χ0) is 20.6. The smallest absolute Gasteiger partial charge is 0.414 e. The van der Waals surface area contributed by atoms with Crippen LogP contribution in [0.5, 0.6) is 0 Å². The van der Waals surface area contributed by atoms with Gasteiger partial charge in [0.05, 0.1) is 32.0 Å². The molecule has 1 saturated carbocycles. The van der Waals surface area contributed by atoms with E-state index >= 15 is 0 Å². The Kier molecular flexibility index (Phi) is 5.46. The quantitative estimate of drug-likeness (QED) is 0.787. The van der Waals surface area contributed by atoms with Gasteiger partial charge in [-0.3, -0.25) is 9.69 Å². The number of amides is 2. The van der Waals surface area contributed by atoms with Gasteiger partial charge >= 0.3 is 6.09 Å². The van der Waals surface area contributed by atoms with Crippen LogP contribution in [0.3, 0.4) is 0 Å². The lowest BCUT2D eigenvalue weighted by Crippen LogP contribution is -2.47. The van der Waals surface area contributed by atoms with E-state index in [2.05, 4.69) is 5.32 Å². The third-order valence-corrected chi connectivity index (χ3v) is 5.82. The monoisotopic (exact) mass is 408 g/mol. The van der Waals surface area contributed by atoms with Gasteiger partial charge in [0.1, 0.15) is 18.0 Å². The summed E-state index contributed by atoms with van der Waals surface area (Å²) in [4.78, 5) is 24.5. The van der Waals surface area contributed by atoms with Crippen molar-refractivity contribution in [1.29, 1.82) is 0 Å². The highest BCUT2D eigenvalue weighted by Gasteiger charge is 2.48. The number of hydrogen-bond donors (Lipinski definition) is 2. The van der Waals surface area contributed by atoms with Gasteiger partial charge in [0, 0.05) is 13.3 Å². The number of halogens is 1. The maximum Gasteiger partial charge on any atom is 0.414 e. The Bertz CT molecular complexity index is 797. The van der Waals surface area contributed by atoms with Crippen LogP contribution in [0.2, 0.25) is 0 Å². The molecule has 2 aliphatic heterocycles. The van der Waals surface area contributed by atoms with Gasteiger partial charge in [-0.05, 0) is 36.5 Å². The molecule has 1 aliphatic carbocycles. The Labute approximate surface area is 167 Å². The molecule has 1 aromatic rings. The molecule has 4 rings (SSSR count). The first kappa shape index (κ1) is 20.1. The Balaban J connectivity index is 1.43. The van der Waals surface area contributed by atoms with Gasteiger partial charge in [0.2, 0.25) is 5.91 Å². The van der Waals surface area contributed by atoms with Crippen molar-refractivity contribution in [3.05, 3.63) is 29.6 Å². The van der Waals surface area contributed by atoms with Crippen molar-refractivity contribution in [1.82, 2.24) is 5.32 Å². The van der Waals surface area contributed by atoms with E-state index in [4.69, 9.17) is 14.2 Å². The minimum atomic E-state index is -0.949. The number of aliphatic hydroxyl groups is 1. The van der Waals surface area contributed by atoms with Crippen molar-refractivity contribution in [3.63, 3.8) is 0 Å². The van der Waals surface area contributed by atoms with Gasteiger partial charge in [0.15, 0.2) is 5.79 Å². The number of benzene rings is 1. The van der Waals surface area contributed by atoms with Gasteiger partial charge < -0.3 is 24.6 Å². The molecule has 3 fully saturated rings. The summed E-state index contributed by atoms with van der Waals surface area (Å²) < 4.78 is 31.3. The largest absolute Gasteiger partial charge is 0.442 e. The number of aliphatic hydroxyl groups excluding tert-OH is 1. The highest BCUT2D eigenvalue weighted by molar-refractivity contribution is 5.89. The van der Waals surface area contributed by atoms with Crippen LogP contribution in [0.15, 0.2) is 18.2 Å². The van der Waals surface area contributed by atoms with E-state index in [1.807, 2.05) is 0 Å². The third kappa shape index (κ3) is 3.94. The van der Waals surface area contributed by atoms with Gasteiger partial charge in [-0.15, -0.1) is 0 Å². The first-order valence-electron chi connectivity index (χ1n) is 9.86. The van der Waals surface area contributed by atoms with E-state index < -0.39 is 29.9 Å². The molecule has 8 nitrogen and oxygen atoms in total. The molecule has 0 aromatic heterocycles. The van der Waals surface area contributed by atoms with Crippen LogP contribution in [0.4, 0.5) is 14.9 Å². The molecule has 2 saturated heterocycles. The molecule has 2 amide bonds. The summed E-state index contributed by atoms with van der Waals surface area (Å²) in [7, 11) is 0. The van der Waals surface area contributed by atoms with Crippen LogP contribution < -0.4 is 10.2 Å². The first-order valence-corrected chi connectivity index (χ1v) is 9.86. The van der Waals surface area contributed by atoms with Gasteiger partial charge in [0.25, 0.3) is 0 Å². The molecule has 2 N–H and O–H groups in total. The minimum absolute atomic E-state index is 0.157. The lowest BCUT2D eigenvalue weighted by Gasteiger charge is -2.39. The maximum absolute atomic E-state index is 14.9. The zero-order valence-electron chi connectivity index (χ0n) is 16.2. The van der Waals surface area contributed by atoms with Crippen LogP contribution in [-0.4, -0.2) is 61.4 Å². The van der Waals surface area contributed by atoms with E-state index in [0.717, 1.165) is 0 Å². The molecule has 0 radical (unpaired) electrons. The maximum atomic E-state index is 14.9. The summed E-state index contributed by atoms with van der Waals surface area (Å²) in [6, 6.07) is 4.65. The van der Waals surface area contributed by atoms with Crippen molar-refractivity contribution in [2.24, 2.45) is 0 Å². The number of anilines is 1. The van der Waals surface area contributed by atoms with Gasteiger partial charge in [-0.2, -0.15) is 0 Å². The summed E-state index contributed by atoms with van der Waals surface area (Å²) >= 11 is 0. The standard InChI is InChI=1S/C20H25FN2O6/c1-12(24)22-10-15-11-23(19(26)29-15)14-2-3-16(17(21)9-14)13-4-5-20(18(25)8-13)27-6-7-28-20/h2-3,9,13,15,18,25H,4-8,10-11H2,1H3,(H,22,24). The molecule has 2 heterocycles. The van der Waals surface area contributed by atoms with E-state index in [1.54, 1.807) is 12.1 Å². The van der Waals surface area contributed by atoms with Gasteiger partial charge in [-0.25, -0.2) is 9.18 Å². The fourth-order valence-corrected chi connectivity index (χ4v) is 4.31. The Morgan fingerprint density at radius 1 is 1.38 bits per heavy atom. The SMILES string of the molecule is CC(=O)NCC1CN(c2ccc(C3CCC4(OCCO4)C(O)C3)c(F)c2)C(=O)O1. The van der Waals surface area contributed by atoms with E-state index in [0.29, 0.717) is 43.7 Å². The van der Waals surface area contributed by atoms with Crippen LogP contribution >= 0.6 is 0 Å². The number of cyclic esters (lactones) is 1. The number of hydrogen-bond acceptors (Lipinski definition) is 6. The molecule has 3 atom stereocenters. The second kappa shape index (κ2) is 7.89. The van der Waals surface area contributed by atoms with Crippen LogP contribution in [0.1, 0.15) is 37.7 Å². The lowest BCUT2D eigenvalue weighted by atomic mass is 9.79. The van der Waals surface area contributed by atoms with Crippen molar-refractivity contribution >= 4 is 17.7 Å². The number of nitrogens with zero attached hydrogens (tertiary/aromatic N) is 1. The molecule has 29 heavy (non-hydrogen) atoms. The van der Waals surface area contributed by atoms with Crippen molar-refractivity contribution < 1.29 is 33.3 Å². The molecular weight excluding hydrogens is 383 g/mol. The predicted molar refractivity (Wildman–Crippen MR) is 99.9 cm³/mol. The summed E-state index contributed by atoms with van der Waals surface area (Å²) in [5.74, 6) is -1.74. The average Bonchev–Trinajstić information content (AvgIpc) is 3.30. The lowest BCUT2D eigenvalue weighted by molar-refractivity contribution is -0.238. The summed E-state index contributed by atoms with van der Waals surface area (Å²) in [5.41, 5.74) is 0.903. The number of rotatable bonds is 4. The van der Waals surface area contributed by atoms with E-state index in [1.165, 1.54) is 17.9 Å². The van der Waals surface area contributed by atoms with Crippen LogP contribution in [-0.2, 0) is 19.0 Å². The Morgan fingerprint density at radius 3 is 2.79 bits per heavy atom. The number of carbonyl (C=O) groups is 2. The van der Waals surface area contributed by atoms with Crippen LogP contribution in [0, 0.1) is 5.82 Å². The number of ether oxygens (including phenoxy) is 3. The third-order valence-electron chi connectivity index (χ3n) is 5.82. The van der Waals surface area contributed by atoms with Crippen LogP contribution in [0.25, 0.3) is 0 Å². The molecule has 158 valence electrons. The summed E-state index contributed by atoms with van der Waals surface area (Å²) in [6.45, 7) is 2.75. The molecule has 3 aliphatic rings. The molecule has 1 spiro atoms. The molecule has 1 aromatic carbocycles.